The maximum atomic E-state index is 13.7. The maximum absolute atomic E-state index is 13.7. The Morgan fingerprint density at radius 2 is 1.83 bits per heavy atom. The Morgan fingerprint density at radius 3 is 2.39 bits per heavy atom. The molecule has 0 radical (unpaired) electrons. The predicted octanol–water partition coefficient (Wildman–Crippen LogP) is 3.25. The zero-order valence-electron chi connectivity index (χ0n) is 14.5. The molecule has 1 N–H and O–H groups in total. The number of amides is 1. The van der Waals surface area contributed by atoms with Crippen LogP contribution in [0.2, 0.25) is 0 Å². The molecule has 1 aliphatic rings. The van der Waals surface area contributed by atoms with Gasteiger partial charge in [-0.15, -0.1) is 0 Å². The van der Waals surface area contributed by atoms with E-state index in [1.165, 1.54) is 12.1 Å². The van der Waals surface area contributed by atoms with Crippen LogP contribution in [-0.2, 0) is 14.1 Å². The quantitative estimate of drug-likeness (QED) is 0.847. The van der Waals surface area contributed by atoms with Crippen LogP contribution in [0.15, 0.2) is 18.2 Å². The van der Waals surface area contributed by atoms with E-state index >= 15 is 0 Å². The first kappa shape index (κ1) is 18.0. The first-order valence-electron chi connectivity index (χ1n) is 8.11. The van der Waals surface area contributed by atoms with Crippen molar-refractivity contribution >= 4 is 24.2 Å². The molecule has 1 amide bonds. The Bertz CT molecular complexity index is 573. The Morgan fingerprint density at radius 1 is 1.22 bits per heavy atom. The summed E-state index contributed by atoms with van der Waals surface area (Å²) in [5, 5.41) is 2.84. The lowest BCUT2D eigenvalue weighted by atomic mass is 9.77. The van der Waals surface area contributed by atoms with Gasteiger partial charge in [0, 0.05) is 17.6 Å². The van der Waals surface area contributed by atoms with Gasteiger partial charge >= 0.3 is 7.12 Å². The molecule has 1 aromatic rings. The number of hydrogen-bond acceptors (Lipinski definition) is 3. The molecule has 0 saturated carbocycles. The number of rotatable bonds is 5. The number of hydrogen-bond donors (Lipinski definition) is 1. The summed E-state index contributed by atoms with van der Waals surface area (Å²) in [6.45, 7) is 9.77. The fourth-order valence-electron chi connectivity index (χ4n) is 2.36. The molecular formula is C17H25BFNO3. The van der Waals surface area contributed by atoms with Gasteiger partial charge < -0.3 is 14.6 Å². The monoisotopic (exact) mass is 321 g/mol. The summed E-state index contributed by atoms with van der Waals surface area (Å²) in [5.74, 6) is -0.475. The largest absolute Gasteiger partial charge is 0.497 e. The molecular weight excluding hydrogens is 296 g/mol. The van der Waals surface area contributed by atoms with Gasteiger partial charge in [0.05, 0.1) is 11.2 Å². The molecule has 1 aromatic carbocycles. The standard InChI is InChI=1S/C17H25BFNO3/c1-6-7-8-15(21)20-14-10-9-12(19)11-13(14)18-22-16(2,3)17(4,5)23-18/h9-11H,6-8H2,1-5H3,(H,20,21). The third-order valence-corrected chi connectivity index (χ3v) is 4.55. The van der Waals surface area contributed by atoms with Gasteiger partial charge in [-0.05, 0) is 52.3 Å². The fraction of sp³-hybridized carbons (Fsp3) is 0.588. The maximum Gasteiger partial charge on any atom is 0.497 e. The van der Waals surface area contributed by atoms with Crippen LogP contribution in [0, 0.1) is 5.82 Å². The zero-order chi connectivity index (χ0) is 17.3. The Balaban J connectivity index is 2.25. The summed E-state index contributed by atoms with van der Waals surface area (Å²) < 4.78 is 25.6. The summed E-state index contributed by atoms with van der Waals surface area (Å²) in [7, 11) is -0.711. The van der Waals surface area contributed by atoms with E-state index in [2.05, 4.69) is 5.32 Å². The first-order valence-corrected chi connectivity index (χ1v) is 8.11. The van der Waals surface area contributed by atoms with Gasteiger partial charge in [-0.3, -0.25) is 4.79 Å². The molecule has 23 heavy (non-hydrogen) atoms. The average molecular weight is 321 g/mol. The summed E-state index contributed by atoms with van der Waals surface area (Å²) in [4.78, 5) is 12.0. The van der Waals surface area contributed by atoms with Crippen molar-refractivity contribution in [3.05, 3.63) is 24.0 Å². The van der Waals surface area contributed by atoms with Crippen molar-refractivity contribution in [1.29, 1.82) is 0 Å². The molecule has 1 aliphatic heterocycles. The molecule has 0 aliphatic carbocycles. The van der Waals surface area contributed by atoms with E-state index < -0.39 is 18.3 Å². The zero-order valence-corrected chi connectivity index (χ0v) is 14.5. The molecule has 0 spiro atoms. The van der Waals surface area contributed by atoms with Gasteiger partial charge in [0.15, 0.2) is 0 Å². The van der Waals surface area contributed by atoms with Crippen molar-refractivity contribution in [2.24, 2.45) is 0 Å². The third-order valence-electron chi connectivity index (χ3n) is 4.55. The van der Waals surface area contributed by atoms with Crippen molar-refractivity contribution in [2.45, 2.75) is 65.1 Å². The Kier molecular flexibility index (Phi) is 5.16. The van der Waals surface area contributed by atoms with Gasteiger partial charge in [-0.2, -0.15) is 0 Å². The minimum atomic E-state index is -0.711. The highest BCUT2D eigenvalue weighted by Gasteiger charge is 2.52. The van der Waals surface area contributed by atoms with E-state index in [9.17, 15) is 9.18 Å². The number of nitrogens with one attached hydrogen (secondary N) is 1. The number of anilines is 1. The van der Waals surface area contributed by atoms with Crippen molar-refractivity contribution in [3.63, 3.8) is 0 Å². The van der Waals surface area contributed by atoms with Gasteiger partial charge in [-0.25, -0.2) is 4.39 Å². The molecule has 1 heterocycles. The van der Waals surface area contributed by atoms with E-state index in [-0.39, 0.29) is 11.7 Å². The van der Waals surface area contributed by atoms with Crippen LogP contribution in [0.5, 0.6) is 0 Å². The second-order valence-corrected chi connectivity index (χ2v) is 6.97. The normalized spacial score (nSPS) is 19.0. The summed E-state index contributed by atoms with van der Waals surface area (Å²) in [6.07, 6.45) is 2.20. The number of carbonyl (C=O) groups is 1. The smallest absolute Gasteiger partial charge is 0.399 e. The highest BCUT2D eigenvalue weighted by atomic mass is 19.1. The highest BCUT2D eigenvalue weighted by Crippen LogP contribution is 2.37. The number of benzene rings is 1. The fourth-order valence-corrected chi connectivity index (χ4v) is 2.36. The number of unbranched alkanes of at least 4 members (excludes halogenated alkanes) is 1. The summed E-state index contributed by atoms with van der Waals surface area (Å²) >= 11 is 0. The van der Waals surface area contributed by atoms with Gasteiger partial charge in [0.1, 0.15) is 5.82 Å². The number of halogens is 1. The molecule has 0 atom stereocenters. The van der Waals surface area contributed by atoms with Crippen LogP contribution in [0.3, 0.4) is 0 Å². The van der Waals surface area contributed by atoms with Gasteiger partial charge in [-0.1, -0.05) is 13.3 Å². The first-order chi connectivity index (χ1) is 10.7. The topological polar surface area (TPSA) is 47.6 Å². The average Bonchev–Trinajstić information content (AvgIpc) is 2.67. The van der Waals surface area contributed by atoms with E-state index in [0.717, 1.165) is 12.8 Å². The van der Waals surface area contributed by atoms with Crippen molar-refractivity contribution in [3.8, 4) is 0 Å². The van der Waals surface area contributed by atoms with Crippen molar-refractivity contribution in [1.82, 2.24) is 0 Å². The molecule has 6 heteroatoms. The van der Waals surface area contributed by atoms with Crippen LogP contribution in [-0.4, -0.2) is 24.2 Å². The highest BCUT2D eigenvalue weighted by molar-refractivity contribution is 6.64. The molecule has 2 rings (SSSR count). The van der Waals surface area contributed by atoms with Crippen molar-refractivity contribution in [2.75, 3.05) is 5.32 Å². The Labute approximate surface area is 137 Å². The Hall–Kier alpha value is -1.40. The van der Waals surface area contributed by atoms with Crippen molar-refractivity contribution < 1.29 is 18.5 Å². The second kappa shape index (κ2) is 6.61. The molecule has 1 saturated heterocycles. The lowest BCUT2D eigenvalue weighted by Crippen LogP contribution is -2.41. The minimum absolute atomic E-state index is 0.0868. The van der Waals surface area contributed by atoms with E-state index in [4.69, 9.17) is 9.31 Å². The van der Waals surface area contributed by atoms with E-state index in [1.807, 2.05) is 34.6 Å². The third kappa shape index (κ3) is 3.93. The van der Waals surface area contributed by atoms with Gasteiger partial charge in [0.25, 0.3) is 0 Å². The molecule has 126 valence electrons. The van der Waals surface area contributed by atoms with E-state index in [0.29, 0.717) is 17.6 Å². The molecule has 4 nitrogen and oxygen atoms in total. The van der Waals surface area contributed by atoms with Gasteiger partial charge in [0.2, 0.25) is 5.91 Å². The number of carbonyl (C=O) groups excluding carboxylic acids is 1. The molecule has 0 aromatic heterocycles. The van der Waals surface area contributed by atoms with Crippen LogP contribution < -0.4 is 10.8 Å². The molecule has 0 bridgehead atoms. The minimum Gasteiger partial charge on any atom is -0.399 e. The SMILES string of the molecule is CCCCC(=O)Nc1ccc(F)cc1B1OC(C)(C)C(C)(C)O1. The summed E-state index contributed by atoms with van der Waals surface area (Å²) in [6, 6.07) is 4.24. The second-order valence-electron chi connectivity index (χ2n) is 6.97. The van der Waals surface area contributed by atoms with Crippen LogP contribution in [0.4, 0.5) is 10.1 Å². The van der Waals surface area contributed by atoms with Crippen LogP contribution in [0.25, 0.3) is 0 Å². The summed E-state index contributed by atoms with van der Waals surface area (Å²) in [5.41, 5.74) is 0.000479. The molecule has 0 unspecified atom stereocenters. The lowest BCUT2D eigenvalue weighted by Gasteiger charge is -2.32. The molecule has 1 fully saturated rings. The van der Waals surface area contributed by atoms with E-state index in [1.54, 1.807) is 6.07 Å². The van der Waals surface area contributed by atoms with Crippen LogP contribution in [0.1, 0.15) is 53.9 Å². The van der Waals surface area contributed by atoms with Crippen LogP contribution >= 0.6 is 0 Å². The predicted molar refractivity (Wildman–Crippen MR) is 90.3 cm³/mol. The lowest BCUT2D eigenvalue weighted by molar-refractivity contribution is -0.116.